The van der Waals surface area contributed by atoms with Crippen molar-refractivity contribution in [3.8, 4) is 0 Å². The Morgan fingerprint density at radius 2 is 1.89 bits per heavy atom. The van der Waals surface area contributed by atoms with E-state index < -0.39 is 5.60 Å². The normalized spacial score (nSPS) is 13.5. The van der Waals surface area contributed by atoms with Gasteiger partial charge in [-0.15, -0.1) is 24.0 Å². The standard InChI is InChI=1S/C21H31N3O3.HI/c1-3-26-15-8-13-22-20(23-14-12-19-11-7-16-27-19)24-17-21(2,25)18-9-5-4-6-10-18;/h4-7,9-11,16,25H,3,8,12-15,17H2,1-2H3,(H2,22,23,24);1H. The quantitative estimate of drug-likeness (QED) is 0.191. The Morgan fingerprint density at radius 1 is 1.14 bits per heavy atom. The van der Waals surface area contributed by atoms with Crippen molar-refractivity contribution in [2.75, 3.05) is 32.8 Å². The number of benzene rings is 1. The molecule has 0 saturated carbocycles. The predicted molar refractivity (Wildman–Crippen MR) is 123 cm³/mol. The Balaban J connectivity index is 0.00000392. The van der Waals surface area contributed by atoms with Crippen molar-refractivity contribution in [2.45, 2.75) is 32.3 Å². The van der Waals surface area contributed by atoms with Gasteiger partial charge in [0.2, 0.25) is 0 Å². The highest BCUT2D eigenvalue weighted by atomic mass is 127. The average molecular weight is 501 g/mol. The van der Waals surface area contributed by atoms with Crippen LogP contribution in [0.3, 0.4) is 0 Å². The van der Waals surface area contributed by atoms with Crippen LogP contribution in [0.4, 0.5) is 0 Å². The maximum absolute atomic E-state index is 10.8. The maximum Gasteiger partial charge on any atom is 0.191 e. The Bertz CT molecular complexity index is 661. The fourth-order valence-electron chi connectivity index (χ4n) is 2.58. The molecular weight excluding hydrogens is 469 g/mol. The minimum absolute atomic E-state index is 0. The van der Waals surface area contributed by atoms with Gasteiger partial charge in [0.15, 0.2) is 5.96 Å². The van der Waals surface area contributed by atoms with Crippen LogP contribution in [-0.2, 0) is 16.8 Å². The Labute approximate surface area is 184 Å². The first-order valence-electron chi connectivity index (χ1n) is 9.52. The molecule has 0 amide bonds. The molecule has 3 N–H and O–H groups in total. The first kappa shape index (κ1) is 24.5. The van der Waals surface area contributed by atoms with E-state index in [0.717, 1.165) is 37.3 Å². The molecule has 1 aromatic heterocycles. The molecule has 1 heterocycles. The lowest BCUT2D eigenvalue weighted by Gasteiger charge is -2.22. The van der Waals surface area contributed by atoms with E-state index in [1.165, 1.54) is 0 Å². The van der Waals surface area contributed by atoms with Gasteiger partial charge in [-0.1, -0.05) is 30.3 Å². The number of furan rings is 1. The molecule has 0 saturated heterocycles. The summed E-state index contributed by atoms with van der Waals surface area (Å²) >= 11 is 0. The third kappa shape index (κ3) is 9.07. The lowest BCUT2D eigenvalue weighted by Crippen LogP contribution is -2.40. The fourth-order valence-corrected chi connectivity index (χ4v) is 2.58. The van der Waals surface area contributed by atoms with Crippen LogP contribution in [0.1, 0.15) is 31.6 Å². The van der Waals surface area contributed by atoms with Gasteiger partial charge in [-0.05, 0) is 38.0 Å². The number of hydrogen-bond donors (Lipinski definition) is 3. The number of halogens is 1. The van der Waals surface area contributed by atoms with E-state index in [2.05, 4.69) is 15.6 Å². The monoisotopic (exact) mass is 501 g/mol. The highest BCUT2D eigenvalue weighted by Crippen LogP contribution is 2.20. The molecule has 1 atom stereocenters. The molecule has 0 bridgehead atoms. The fraction of sp³-hybridized carbons (Fsp3) is 0.476. The van der Waals surface area contributed by atoms with Crippen molar-refractivity contribution >= 4 is 29.9 Å². The summed E-state index contributed by atoms with van der Waals surface area (Å²) in [5.74, 6) is 1.60. The molecule has 0 fully saturated rings. The van der Waals surface area contributed by atoms with Crippen molar-refractivity contribution in [3.63, 3.8) is 0 Å². The topological polar surface area (TPSA) is 79.0 Å². The molecule has 0 spiro atoms. The van der Waals surface area contributed by atoms with Crippen LogP contribution in [0.2, 0.25) is 0 Å². The van der Waals surface area contributed by atoms with E-state index in [9.17, 15) is 5.11 Å². The molecule has 28 heavy (non-hydrogen) atoms. The van der Waals surface area contributed by atoms with E-state index in [0.29, 0.717) is 19.1 Å². The highest BCUT2D eigenvalue weighted by molar-refractivity contribution is 14.0. The number of rotatable bonds is 11. The lowest BCUT2D eigenvalue weighted by atomic mass is 9.96. The number of guanidine groups is 1. The van der Waals surface area contributed by atoms with Crippen LogP contribution < -0.4 is 10.6 Å². The van der Waals surface area contributed by atoms with Gasteiger partial charge < -0.3 is 24.9 Å². The summed E-state index contributed by atoms with van der Waals surface area (Å²) in [5, 5.41) is 17.4. The van der Waals surface area contributed by atoms with Crippen molar-refractivity contribution < 1.29 is 14.3 Å². The molecule has 156 valence electrons. The number of aliphatic hydroxyl groups is 1. The molecule has 6 nitrogen and oxygen atoms in total. The third-order valence-corrected chi connectivity index (χ3v) is 4.15. The molecule has 0 aliphatic rings. The summed E-state index contributed by atoms with van der Waals surface area (Å²) in [4.78, 5) is 4.58. The summed E-state index contributed by atoms with van der Waals surface area (Å²) in [5.41, 5.74) is -0.178. The minimum Gasteiger partial charge on any atom is -0.469 e. The van der Waals surface area contributed by atoms with Crippen molar-refractivity contribution in [1.82, 2.24) is 10.6 Å². The van der Waals surface area contributed by atoms with E-state index >= 15 is 0 Å². The van der Waals surface area contributed by atoms with Crippen molar-refractivity contribution in [3.05, 3.63) is 60.1 Å². The van der Waals surface area contributed by atoms with Gasteiger partial charge in [-0.2, -0.15) is 0 Å². The van der Waals surface area contributed by atoms with Gasteiger partial charge in [0.1, 0.15) is 11.4 Å². The predicted octanol–water partition coefficient (Wildman–Crippen LogP) is 3.31. The zero-order valence-corrected chi connectivity index (χ0v) is 19.0. The van der Waals surface area contributed by atoms with Crippen molar-refractivity contribution in [1.29, 1.82) is 0 Å². The SMILES string of the molecule is CCOCCCNC(=NCC(C)(O)c1ccccc1)NCCc1ccco1.I. The summed E-state index contributed by atoms with van der Waals surface area (Å²) in [7, 11) is 0. The van der Waals surface area contributed by atoms with E-state index in [4.69, 9.17) is 9.15 Å². The van der Waals surface area contributed by atoms with Gasteiger partial charge in [-0.25, -0.2) is 4.99 Å². The van der Waals surface area contributed by atoms with E-state index in [1.807, 2.05) is 49.4 Å². The molecule has 0 aliphatic heterocycles. The third-order valence-electron chi connectivity index (χ3n) is 4.15. The van der Waals surface area contributed by atoms with Crippen LogP contribution in [0.5, 0.6) is 0 Å². The Kier molecular flexibility index (Phi) is 11.9. The maximum atomic E-state index is 10.8. The van der Waals surface area contributed by atoms with Crippen LogP contribution in [0.25, 0.3) is 0 Å². The highest BCUT2D eigenvalue weighted by Gasteiger charge is 2.22. The second kappa shape index (κ2) is 13.6. The zero-order chi connectivity index (χ0) is 19.4. The Morgan fingerprint density at radius 3 is 2.57 bits per heavy atom. The van der Waals surface area contributed by atoms with Gasteiger partial charge in [-0.3, -0.25) is 0 Å². The Hall–Kier alpha value is -1.58. The first-order chi connectivity index (χ1) is 13.1. The summed E-state index contributed by atoms with van der Waals surface area (Å²) in [6.07, 6.45) is 3.33. The zero-order valence-electron chi connectivity index (χ0n) is 16.7. The summed E-state index contributed by atoms with van der Waals surface area (Å²) in [6, 6.07) is 13.4. The van der Waals surface area contributed by atoms with E-state index in [-0.39, 0.29) is 30.5 Å². The molecule has 2 rings (SSSR count). The van der Waals surface area contributed by atoms with Gasteiger partial charge in [0.25, 0.3) is 0 Å². The van der Waals surface area contributed by atoms with Gasteiger partial charge in [0, 0.05) is 32.7 Å². The second-order valence-electron chi connectivity index (χ2n) is 6.54. The molecular formula is C21H32IN3O3. The molecule has 2 aromatic rings. The van der Waals surface area contributed by atoms with Gasteiger partial charge >= 0.3 is 0 Å². The largest absolute Gasteiger partial charge is 0.469 e. The smallest absolute Gasteiger partial charge is 0.191 e. The van der Waals surface area contributed by atoms with Crippen LogP contribution in [0.15, 0.2) is 58.1 Å². The molecule has 0 radical (unpaired) electrons. The molecule has 1 aromatic carbocycles. The number of nitrogens with one attached hydrogen (secondary N) is 2. The molecule has 1 unspecified atom stereocenters. The number of hydrogen-bond acceptors (Lipinski definition) is 4. The van der Waals surface area contributed by atoms with Crippen LogP contribution in [0, 0.1) is 0 Å². The lowest BCUT2D eigenvalue weighted by molar-refractivity contribution is 0.0672. The number of nitrogens with zero attached hydrogens (tertiary/aromatic N) is 1. The summed E-state index contributed by atoms with van der Waals surface area (Å²) in [6.45, 7) is 6.91. The number of ether oxygens (including phenoxy) is 1. The van der Waals surface area contributed by atoms with Crippen LogP contribution in [-0.4, -0.2) is 43.9 Å². The number of aliphatic imine (C=N–C) groups is 1. The van der Waals surface area contributed by atoms with E-state index in [1.54, 1.807) is 13.2 Å². The minimum atomic E-state index is -1.03. The van der Waals surface area contributed by atoms with Crippen LogP contribution >= 0.6 is 24.0 Å². The van der Waals surface area contributed by atoms with Crippen molar-refractivity contribution in [2.24, 2.45) is 4.99 Å². The summed E-state index contributed by atoms with van der Waals surface area (Å²) < 4.78 is 10.7. The van der Waals surface area contributed by atoms with Gasteiger partial charge in [0.05, 0.1) is 12.8 Å². The second-order valence-corrected chi connectivity index (χ2v) is 6.54. The average Bonchev–Trinajstić information content (AvgIpc) is 3.19. The molecule has 7 heteroatoms. The molecule has 0 aliphatic carbocycles. The first-order valence-corrected chi connectivity index (χ1v) is 9.52.